The van der Waals surface area contributed by atoms with E-state index in [0.717, 1.165) is 22.3 Å². The number of anilines is 1. The number of aromatic carboxylic acids is 1. The van der Waals surface area contributed by atoms with Crippen LogP contribution in [-0.2, 0) is 9.53 Å². The summed E-state index contributed by atoms with van der Waals surface area (Å²) in [7, 11) is 0. The average molecular weight is 523 g/mol. The molecule has 3 aromatic carbocycles. The van der Waals surface area contributed by atoms with Crippen LogP contribution < -0.4 is 10.6 Å². The zero-order valence-corrected chi connectivity index (χ0v) is 20.0. The zero-order chi connectivity index (χ0) is 24.2. The van der Waals surface area contributed by atoms with E-state index in [9.17, 15) is 14.4 Å². The minimum atomic E-state index is -1.06. The van der Waals surface area contributed by atoms with Gasteiger partial charge in [-0.2, -0.15) is 0 Å². The first-order chi connectivity index (χ1) is 16.3. The van der Waals surface area contributed by atoms with Crippen molar-refractivity contribution in [3.8, 4) is 11.1 Å². The number of carbonyl (C=O) groups is 3. The highest BCUT2D eigenvalue weighted by Gasteiger charge is 2.29. The molecule has 3 aromatic rings. The van der Waals surface area contributed by atoms with Crippen LogP contribution in [0.1, 0.15) is 40.7 Å². The van der Waals surface area contributed by atoms with Gasteiger partial charge in [0.25, 0.3) is 0 Å². The van der Waals surface area contributed by atoms with Crippen molar-refractivity contribution in [2.45, 2.75) is 25.3 Å². The van der Waals surface area contributed by atoms with Crippen LogP contribution in [0.5, 0.6) is 0 Å². The van der Waals surface area contributed by atoms with E-state index in [1.807, 2.05) is 24.3 Å². The number of fused-ring (bicyclic) bond motifs is 3. The second kappa shape index (κ2) is 10.1. The molecule has 1 aliphatic carbocycles. The molecule has 0 saturated carbocycles. The van der Waals surface area contributed by atoms with Gasteiger partial charge in [0, 0.05) is 22.9 Å². The number of amides is 2. The number of halogens is 1. The molecule has 0 bridgehead atoms. The Morgan fingerprint density at radius 1 is 1.00 bits per heavy atom. The fourth-order valence-corrected chi connectivity index (χ4v) is 4.60. The topological polar surface area (TPSA) is 105 Å². The van der Waals surface area contributed by atoms with Crippen LogP contribution >= 0.6 is 15.9 Å². The minimum Gasteiger partial charge on any atom is -0.478 e. The Labute approximate surface area is 205 Å². The number of hydrogen-bond acceptors (Lipinski definition) is 4. The van der Waals surface area contributed by atoms with Crippen molar-refractivity contribution in [3.05, 3.63) is 87.9 Å². The van der Waals surface area contributed by atoms with Crippen molar-refractivity contribution in [1.82, 2.24) is 5.32 Å². The second-order valence-electron chi connectivity index (χ2n) is 8.12. The molecule has 0 spiro atoms. The van der Waals surface area contributed by atoms with Crippen LogP contribution in [0.2, 0.25) is 0 Å². The molecule has 1 aliphatic rings. The second-order valence-corrected chi connectivity index (χ2v) is 8.98. The molecule has 0 heterocycles. The maximum Gasteiger partial charge on any atom is 0.407 e. The van der Waals surface area contributed by atoms with E-state index in [2.05, 4.69) is 50.8 Å². The third kappa shape index (κ3) is 5.12. The summed E-state index contributed by atoms with van der Waals surface area (Å²) in [6.45, 7) is 1.91. The smallest absolute Gasteiger partial charge is 0.407 e. The molecule has 0 fully saturated rings. The summed E-state index contributed by atoms with van der Waals surface area (Å²) in [5, 5.41) is 14.4. The van der Waals surface area contributed by atoms with E-state index < -0.39 is 18.1 Å². The van der Waals surface area contributed by atoms with E-state index in [0.29, 0.717) is 10.2 Å². The molecule has 1 unspecified atom stereocenters. The van der Waals surface area contributed by atoms with Crippen LogP contribution in [0.15, 0.2) is 71.2 Å². The molecule has 8 heteroatoms. The molecular formula is C26H23BrN2O5. The number of carboxylic acid groups (broad SMARTS) is 1. The quantitative estimate of drug-likeness (QED) is 0.385. The van der Waals surface area contributed by atoms with Crippen molar-refractivity contribution < 1.29 is 24.2 Å². The summed E-state index contributed by atoms with van der Waals surface area (Å²) in [6, 6.07) is 20.1. The average Bonchev–Trinajstić information content (AvgIpc) is 3.12. The fourth-order valence-electron chi connectivity index (χ4n) is 4.12. The number of nitrogens with one attached hydrogen (secondary N) is 2. The molecule has 2 amide bonds. The van der Waals surface area contributed by atoms with Crippen LogP contribution in [0, 0.1) is 0 Å². The molecule has 3 N–H and O–H groups in total. The third-order valence-corrected chi connectivity index (χ3v) is 6.35. The standard InChI is InChI=1S/C26H23BrN2O5/c1-15(12-24(30)29-23-11-10-16(25(31)32)13-22(23)27)28-26(33)34-14-21-19-8-4-2-6-17(19)18-7-3-5-9-20(18)21/h2-11,13,15,21H,12,14H2,1H3,(H,28,33)(H,29,30)(H,31,32). The van der Waals surface area contributed by atoms with E-state index in [1.54, 1.807) is 6.92 Å². The highest BCUT2D eigenvalue weighted by molar-refractivity contribution is 9.10. The summed E-state index contributed by atoms with van der Waals surface area (Å²) in [4.78, 5) is 35.8. The lowest BCUT2D eigenvalue weighted by atomic mass is 9.98. The van der Waals surface area contributed by atoms with Crippen LogP contribution in [0.25, 0.3) is 11.1 Å². The first kappa shape index (κ1) is 23.5. The molecule has 174 valence electrons. The largest absolute Gasteiger partial charge is 0.478 e. The lowest BCUT2D eigenvalue weighted by molar-refractivity contribution is -0.116. The maximum absolute atomic E-state index is 12.4. The van der Waals surface area contributed by atoms with Crippen molar-refractivity contribution in [2.75, 3.05) is 11.9 Å². The Balaban J connectivity index is 1.30. The molecule has 7 nitrogen and oxygen atoms in total. The summed E-state index contributed by atoms with van der Waals surface area (Å²) in [5.74, 6) is -1.42. The number of alkyl carbamates (subject to hydrolysis) is 1. The predicted molar refractivity (Wildman–Crippen MR) is 132 cm³/mol. The van der Waals surface area contributed by atoms with Gasteiger partial charge in [-0.1, -0.05) is 48.5 Å². The number of carboxylic acids is 1. The Bertz CT molecular complexity index is 1210. The van der Waals surface area contributed by atoms with Gasteiger partial charge in [0.1, 0.15) is 6.61 Å². The van der Waals surface area contributed by atoms with Crippen LogP contribution in [0.3, 0.4) is 0 Å². The molecule has 0 radical (unpaired) electrons. The zero-order valence-electron chi connectivity index (χ0n) is 18.4. The number of ether oxygens (including phenoxy) is 1. The minimum absolute atomic E-state index is 0.0251. The Morgan fingerprint density at radius 2 is 1.62 bits per heavy atom. The van der Waals surface area contributed by atoms with Crippen LogP contribution in [-0.4, -0.2) is 35.7 Å². The lowest BCUT2D eigenvalue weighted by Gasteiger charge is -2.17. The monoisotopic (exact) mass is 522 g/mol. The van der Waals surface area contributed by atoms with E-state index in [4.69, 9.17) is 9.84 Å². The molecule has 4 rings (SSSR count). The number of hydrogen-bond donors (Lipinski definition) is 3. The highest BCUT2D eigenvalue weighted by atomic mass is 79.9. The van der Waals surface area contributed by atoms with Gasteiger partial charge >= 0.3 is 12.1 Å². The SMILES string of the molecule is CC(CC(=O)Nc1ccc(C(=O)O)cc1Br)NC(=O)OCC1c2ccccc2-c2ccccc21. The number of carbonyl (C=O) groups excluding carboxylic acids is 2. The maximum atomic E-state index is 12.4. The molecule has 0 aliphatic heterocycles. The first-order valence-corrected chi connectivity index (χ1v) is 11.6. The van der Waals surface area contributed by atoms with Gasteiger partial charge in [0.15, 0.2) is 0 Å². The molecule has 0 aromatic heterocycles. The van der Waals surface area contributed by atoms with Crippen molar-refractivity contribution in [1.29, 1.82) is 0 Å². The summed E-state index contributed by atoms with van der Waals surface area (Å²) >= 11 is 3.26. The number of rotatable bonds is 7. The lowest BCUT2D eigenvalue weighted by Crippen LogP contribution is -2.36. The van der Waals surface area contributed by atoms with Gasteiger partial charge in [-0.3, -0.25) is 4.79 Å². The molecule has 1 atom stereocenters. The fraction of sp³-hybridized carbons (Fsp3) is 0.192. The first-order valence-electron chi connectivity index (χ1n) is 10.8. The van der Waals surface area contributed by atoms with Gasteiger partial charge in [-0.05, 0) is 63.3 Å². The summed E-state index contributed by atoms with van der Waals surface area (Å²) in [5.41, 5.74) is 5.12. The van der Waals surface area contributed by atoms with Crippen molar-refractivity contribution >= 4 is 39.6 Å². The Hall–Kier alpha value is -3.65. The van der Waals surface area contributed by atoms with Crippen molar-refractivity contribution in [2.24, 2.45) is 0 Å². The molecule has 0 saturated heterocycles. The Kier molecular flexibility index (Phi) is 6.98. The van der Waals surface area contributed by atoms with E-state index in [1.165, 1.54) is 18.2 Å². The molecule has 34 heavy (non-hydrogen) atoms. The van der Waals surface area contributed by atoms with E-state index in [-0.39, 0.29) is 30.4 Å². The van der Waals surface area contributed by atoms with Crippen LogP contribution in [0.4, 0.5) is 10.5 Å². The van der Waals surface area contributed by atoms with Gasteiger partial charge < -0.3 is 20.5 Å². The van der Waals surface area contributed by atoms with Gasteiger partial charge in [0.2, 0.25) is 5.91 Å². The van der Waals surface area contributed by atoms with E-state index >= 15 is 0 Å². The third-order valence-electron chi connectivity index (χ3n) is 5.69. The van der Waals surface area contributed by atoms with Gasteiger partial charge in [0.05, 0.1) is 11.3 Å². The number of benzene rings is 3. The predicted octanol–water partition coefficient (Wildman–Crippen LogP) is 5.40. The highest BCUT2D eigenvalue weighted by Crippen LogP contribution is 2.44. The summed E-state index contributed by atoms with van der Waals surface area (Å²) < 4.78 is 5.98. The van der Waals surface area contributed by atoms with Gasteiger partial charge in [-0.15, -0.1) is 0 Å². The van der Waals surface area contributed by atoms with Crippen molar-refractivity contribution in [3.63, 3.8) is 0 Å². The normalized spacial score (nSPS) is 12.9. The summed E-state index contributed by atoms with van der Waals surface area (Å²) in [6.07, 6.45) is -0.564. The Morgan fingerprint density at radius 3 is 2.21 bits per heavy atom. The molecular weight excluding hydrogens is 500 g/mol. The van der Waals surface area contributed by atoms with Gasteiger partial charge in [-0.25, -0.2) is 9.59 Å².